The van der Waals surface area contributed by atoms with E-state index in [0.29, 0.717) is 24.9 Å². The van der Waals surface area contributed by atoms with Crippen molar-refractivity contribution in [3.63, 3.8) is 0 Å². The van der Waals surface area contributed by atoms with Crippen LogP contribution in [0.15, 0.2) is 24.3 Å². The Morgan fingerprint density at radius 1 is 0.783 bits per heavy atom. The van der Waals surface area contributed by atoms with Gasteiger partial charge in [-0.2, -0.15) is 0 Å². The maximum absolute atomic E-state index is 14.0. The van der Waals surface area contributed by atoms with Crippen molar-refractivity contribution in [1.29, 1.82) is 0 Å². The third-order valence-corrected chi connectivity index (χ3v) is 9.33. The average Bonchev–Trinajstić information content (AvgIpc) is 3.69. The van der Waals surface area contributed by atoms with Crippen molar-refractivity contribution < 1.29 is 72.2 Å². The van der Waals surface area contributed by atoms with Crippen LogP contribution < -0.4 is 41.7 Å². The number of carbonyl (C=O) groups excluding carboxylic acids is 7. The van der Waals surface area contributed by atoms with Crippen LogP contribution in [0.1, 0.15) is 78.2 Å². The van der Waals surface area contributed by atoms with Crippen molar-refractivity contribution in [2.24, 2.45) is 11.8 Å². The lowest BCUT2D eigenvalue weighted by molar-refractivity contribution is -0.139. The second kappa shape index (κ2) is 24.6. The number of hydrogen-bond donors (Lipinski definition) is 11. The second-order valence-corrected chi connectivity index (χ2v) is 16.3. The SMILES string of the molecule is CC(C)C[C@H](NC(=O)CNC(=O)[C@H](CC(C)C)NC(=O)[C@H](Cc1ccc(OP(=O)(O)O)cc1)NC(=O)[C@H](CCC(=O)O)NC(=O)[C@@H]1CCCN1)C(=O)N[C@H](C=O)CC(=O)O. The Balaban J connectivity index is 2.31. The third-order valence-electron chi connectivity index (χ3n) is 8.89. The summed E-state index contributed by atoms with van der Waals surface area (Å²) in [4.78, 5) is 132. The van der Waals surface area contributed by atoms with Gasteiger partial charge in [0, 0.05) is 12.8 Å². The van der Waals surface area contributed by atoms with E-state index in [1.54, 1.807) is 27.7 Å². The zero-order valence-electron chi connectivity index (χ0n) is 33.8. The number of carboxylic acid groups (broad SMARTS) is 2. The van der Waals surface area contributed by atoms with E-state index in [4.69, 9.17) is 14.9 Å². The standard InChI is InChI=1S/C37H56N7O15P/c1-20(2)14-27(33(51)39-18-30(46)41-28(15-21(3)4)36(54)40-23(19-45)17-32(49)50)43-37(55)29(16-22-7-9-24(10-8-22)59-60(56,57)58)44-35(53)26(11-12-31(47)48)42-34(52)25-6-5-13-38-25/h7-10,19-21,23,25-29,38H,5-6,11-18H2,1-4H3,(H,39,51)(H,40,54)(H,41,46)(H,42,52)(H,43,55)(H,44,53)(H,47,48)(H,49,50)(H2,56,57,58)/t23-,25-,26-,27-,28-,29-/m0/s1. The molecule has 0 aromatic heterocycles. The summed E-state index contributed by atoms with van der Waals surface area (Å²) in [5, 5.41) is 36.1. The van der Waals surface area contributed by atoms with Gasteiger partial charge < -0.3 is 56.7 Å². The highest BCUT2D eigenvalue weighted by Gasteiger charge is 2.33. The van der Waals surface area contributed by atoms with Gasteiger partial charge in [-0.3, -0.25) is 48.1 Å². The molecule has 1 aromatic carbocycles. The molecule has 2 rings (SSSR count). The minimum Gasteiger partial charge on any atom is -0.481 e. The Morgan fingerprint density at radius 3 is 1.87 bits per heavy atom. The van der Waals surface area contributed by atoms with Crippen molar-refractivity contribution in [2.75, 3.05) is 13.1 Å². The van der Waals surface area contributed by atoms with Gasteiger partial charge in [0.25, 0.3) is 0 Å². The number of phosphoric acid groups is 1. The Morgan fingerprint density at radius 2 is 1.35 bits per heavy atom. The molecule has 0 bridgehead atoms. The molecule has 11 N–H and O–H groups in total. The lowest BCUT2D eigenvalue weighted by Crippen LogP contribution is -2.58. The zero-order chi connectivity index (χ0) is 45.2. The first-order valence-electron chi connectivity index (χ1n) is 19.3. The van der Waals surface area contributed by atoms with E-state index in [1.165, 1.54) is 24.3 Å². The van der Waals surface area contributed by atoms with E-state index in [9.17, 15) is 52.8 Å². The average molecular weight is 870 g/mol. The highest BCUT2D eigenvalue weighted by Crippen LogP contribution is 2.37. The van der Waals surface area contributed by atoms with Crippen molar-refractivity contribution in [3.05, 3.63) is 29.8 Å². The molecule has 6 atom stereocenters. The largest absolute Gasteiger partial charge is 0.524 e. The molecule has 1 saturated heterocycles. The van der Waals surface area contributed by atoms with E-state index < -0.39 is 111 Å². The van der Waals surface area contributed by atoms with Crippen LogP contribution in [0.2, 0.25) is 0 Å². The fourth-order valence-corrected chi connectivity index (χ4v) is 6.47. The summed E-state index contributed by atoms with van der Waals surface area (Å²) in [7, 11) is -4.90. The second-order valence-electron chi connectivity index (χ2n) is 15.1. The molecule has 60 heavy (non-hydrogen) atoms. The maximum Gasteiger partial charge on any atom is 0.524 e. The topological polar surface area (TPSA) is 345 Å². The van der Waals surface area contributed by atoms with Gasteiger partial charge in [-0.05, 0) is 68.2 Å². The van der Waals surface area contributed by atoms with Gasteiger partial charge in [0.05, 0.1) is 25.0 Å². The molecule has 23 heteroatoms. The van der Waals surface area contributed by atoms with Crippen LogP contribution in [0.25, 0.3) is 0 Å². The van der Waals surface area contributed by atoms with Crippen molar-refractivity contribution in [3.8, 4) is 5.75 Å². The van der Waals surface area contributed by atoms with Crippen LogP contribution in [0, 0.1) is 11.8 Å². The summed E-state index contributed by atoms with van der Waals surface area (Å²) in [6.45, 7) is 6.92. The number of carbonyl (C=O) groups is 9. The first-order valence-corrected chi connectivity index (χ1v) is 20.8. The highest BCUT2D eigenvalue weighted by molar-refractivity contribution is 7.46. The minimum absolute atomic E-state index is 0.0367. The van der Waals surface area contributed by atoms with Crippen LogP contribution in [0.5, 0.6) is 5.75 Å². The van der Waals surface area contributed by atoms with E-state index in [1.807, 2.05) is 0 Å². The van der Waals surface area contributed by atoms with Crippen LogP contribution in [-0.4, -0.2) is 123 Å². The number of rotatable bonds is 26. The van der Waals surface area contributed by atoms with Gasteiger partial charge in [-0.15, -0.1) is 0 Å². The Kier molecular flexibility index (Phi) is 20.8. The number of phosphoric ester groups is 1. The number of nitrogens with one attached hydrogen (secondary N) is 7. The first kappa shape index (κ1) is 50.7. The molecular formula is C37H56N7O15P. The number of aliphatic carboxylic acids is 2. The monoisotopic (exact) mass is 869 g/mol. The molecule has 6 amide bonds. The van der Waals surface area contributed by atoms with E-state index in [-0.39, 0.29) is 49.6 Å². The molecule has 334 valence electrons. The molecule has 0 aliphatic carbocycles. The summed E-state index contributed by atoms with van der Waals surface area (Å²) >= 11 is 0. The Bertz CT molecular complexity index is 1730. The quantitative estimate of drug-likeness (QED) is 0.0378. The van der Waals surface area contributed by atoms with E-state index >= 15 is 0 Å². The van der Waals surface area contributed by atoms with Crippen LogP contribution >= 0.6 is 7.82 Å². The van der Waals surface area contributed by atoms with Crippen molar-refractivity contribution in [2.45, 2.75) is 115 Å². The van der Waals surface area contributed by atoms with E-state index in [2.05, 4.69) is 41.7 Å². The lowest BCUT2D eigenvalue weighted by atomic mass is 10.0. The Labute approximate surface area is 346 Å². The van der Waals surface area contributed by atoms with Crippen molar-refractivity contribution in [1.82, 2.24) is 37.2 Å². The predicted molar refractivity (Wildman–Crippen MR) is 211 cm³/mol. The van der Waals surface area contributed by atoms with Crippen LogP contribution in [0.3, 0.4) is 0 Å². The molecule has 0 spiro atoms. The molecular weight excluding hydrogens is 813 g/mol. The zero-order valence-corrected chi connectivity index (χ0v) is 34.7. The van der Waals surface area contributed by atoms with Gasteiger partial charge >= 0.3 is 19.8 Å². The summed E-state index contributed by atoms with van der Waals surface area (Å²) in [6, 6.07) is -2.17. The number of carboxylic acids is 2. The lowest BCUT2D eigenvalue weighted by Gasteiger charge is -2.26. The van der Waals surface area contributed by atoms with Crippen molar-refractivity contribution >= 4 is 61.5 Å². The summed E-state index contributed by atoms with van der Waals surface area (Å²) < 4.78 is 15.9. The van der Waals surface area contributed by atoms with Gasteiger partial charge in [0.2, 0.25) is 35.4 Å². The molecule has 0 unspecified atom stereocenters. The van der Waals surface area contributed by atoms with Gasteiger partial charge in [0.15, 0.2) is 0 Å². The van der Waals surface area contributed by atoms with Gasteiger partial charge in [-0.25, -0.2) is 4.57 Å². The van der Waals surface area contributed by atoms with E-state index in [0.717, 1.165) is 0 Å². The summed E-state index contributed by atoms with van der Waals surface area (Å²) in [5.41, 5.74) is 0.346. The fraction of sp³-hybridized carbons (Fsp3) is 0.595. The van der Waals surface area contributed by atoms with Crippen LogP contribution in [-0.2, 0) is 54.1 Å². The number of amides is 6. The maximum atomic E-state index is 14.0. The number of aldehydes is 1. The molecule has 0 radical (unpaired) electrons. The number of benzene rings is 1. The third kappa shape index (κ3) is 19.5. The van der Waals surface area contributed by atoms with Crippen LogP contribution in [0.4, 0.5) is 0 Å². The molecule has 1 fully saturated rings. The van der Waals surface area contributed by atoms with Gasteiger partial charge in [-0.1, -0.05) is 39.8 Å². The molecule has 22 nitrogen and oxygen atoms in total. The normalized spacial score (nSPS) is 16.3. The highest BCUT2D eigenvalue weighted by atomic mass is 31.2. The fourth-order valence-electron chi connectivity index (χ4n) is 6.08. The predicted octanol–water partition coefficient (Wildman–Crippen LogP) is -1.38. The molecule has 1 aliphatic rings. The van der Waals surface area contributed by atoms with Gasteiger partial charge in [0.1, 0.15) is 36.2 Å². The summed E-state index contributed by atoms with van der Waals surface area (Å²) in [6.07, 6.45) is -0.213. The Hall–Kier alpha value is -5.44. The molecule has 1 aromatic rings. The number of hydrogen-bond acceptors (Lipinski definition) is 12. The summed E-state index contributed by atoms with van der Waals surface area (Å²) in [5.74, 6) is -7.93. The molecule has 1 heterocycles. The molecule has 0 saturated carbocycles. The minimum atomic E-state index is -4.90. The molecule has 1 aliphatic heterocycles. The smallest absolute Gasteiger partial charge is 0.481 e. The first-order chi connectivity index (χ1) is 28.1.